The predicted octanol–water partition coefficient (Wildman–Crippen LogP) is 5.03. The molecule has 0 unspecified atom stereocenters. The zero-order valence-corrected chi connectivity index (χ0v) is 14.1. The van der Waals surface area contributed by atoms with Gasteiger partial charge in [-0.3, -0.25) is 0 Å². The van der Waals surface area contributed by atoms with E-state index in [-0.39, 0.29) is 5.82 Å². The largest absolute Gasteiger partial charge is 0.416 e. The summed E-state index contributed by atoms with van der Waals surface area (Å²) < 4.78 is 51.4. The maximum atomic E-state index is 13.6. The predicted molar refractivity (Wildman–Crippen MR) is 95.4 cm³/mol. The molecule has 1 aromatic heterocycles. The first-order valence-electron chi connectivity index (χ1n) is 8.15. The third-order valence-electron chi connectivity index (χ3n) is 3.81. The number of nitrogens with zero attached hydrogens (tertiary/aromatic N) is 2. The van der Waals surface area contributed by atoms with Crippen molar-refractivity contribution in [3.8, 4) is 0 Å². The molecule has 0 radical (unpaired) electrons. The zero-order valence-electron chi connectivity index (χ0n) is 14.1. The third-order valence-corrected chi connectivity index (χ3v) is 3.81. The number of hydrogen-bond acceptors (Lipinski definition) is 4. The Morgan fingerprint density at radius 1 is 0.889 bits per heavy atom. The molecule has 0 aliphatic heterocycles. The zero-order chi connectivity index (χ0) is 19.3. The van der Waals surface area contributed by atoms with E-state index in [2.05, 4.69) is 20.6 Å². The summed E-state index contributed by atoms with van der Waals surface area (Å²) in [7, 11) is 0. The summed E-state index contributed by atoms with van der Waals surface area (Å²) in [5, 5.41) is 5.99. The van der Waals surface area contributed by atoms with Crippen LogP contribution in [-0.4, -0.2) is 16.5 Å². The SMILES string of the molecule is Fc1ccccc1CCNc1cc(Nc2ccc(C(F)(F)F)cc2)ncn1. The first kappa shape index (κ1) is 18.6. The maximum absolute atomic E-state index is 13.6. The van der Waals surface area contributed by atoms with Crippen LogP contribution in [0.15, 0.2) is 60.9 Å². The highest BCUT2D eigenvalue weighted by molar-refractivity contribution is 5.59. The molecule has 0 bridgehead atoms. The van der Waals surface area contributed by atoms with E-state index < -0.39 is 11.7 Å². The van der Waals surface area contributed by atoms with Gasteiger partial charge in [-0.1, -0.05) is 18.2 Å². The van der Waals surface area contributed by atoms with Gasteiger partial charge in [-0.25, -0.2) is 14.4 Å². The average Bonchev–Trinajstić information content (AvgIpc) is 2.63. The fourth-order valence-electron chi connectivity index (χ4n) is 2.44. The van der Waals surface area contributed by atoms with Gasteiger partial charge in [-0.2, -0.15) is 13.2 Å². The second-order valence-electron chi connectivity index (χ2n) is 5.76. The van der Waals surface area contributed by atoms with Crippen LogP contribution < -0.4 is 10.6 Å². The second-order valence-corrected chi connectivity index (χ2v) is 5.76. The van der Waals surface area contributed by atoms with Crippen molar-refractivity contribution in [1.82, 2.24) is 9.97 Å². The van der Waals surface area contributed by atoms with E-state index in [0.717, 1.165) is 12.1 Å². The Morgan fingerprint density at radius 3 is 2.30 bits per heavy atom. The topological polar surface area (TPSA) is 49.8 Å². The van der Waals surface area contributed by atoms with Gasteiger partial charge >= 0.3 is 6.18 Å². The molecule has 0 atom stereocenters. The Balaban J connectivity index is 1.59. The van der Waals surface area contributed by atoms with Crippen molar-refractivity contribution >= 4 is 17.3 Å². The highest BCUT2D eigenvalue weighted by Gasteiger charge is 2.29. The van der Waals surface area contributed by atoms with E-state index in [0.29, 0.717) is 35.9 Å². The number of hydrogen-bond donors (Lipinski definition) is 2. The van der Waals surface area contributed by atoms with E-state index in [4.69, 9.17) is 0 Å². The summed E-state index contributed by atoms with van der Waals surface area (Å²) in [4.78, 5) is 8.12. The Morgan fingerprint density at radius 2 is 1.59 bits per heavy atom. The molecule has 1 heterocycles. The summed E-state index contributed by atoms with van der Waals surface area (Å²) in [6.45, 7) is 0.470. The lowest BCUT2D eigenvalue weighted by Gasteiger charge is -2.10. The van der Waals surface area contributed by atoms with Crippen molar-refractivity contribution in [2.24, 2.45) is 0 Å². The number of nitrogens with one attached hydrogen (secondary N) is 2. The summed E-state index contributed by atoms with van der Waals surface area (Å²) in [6.07, 6.45) is -2.56. The van der Waals surface area contributed by atoms with E-state index in [1.54, 1.807) is 24.3 Å². The summed E-state index contributed by atoms with van der Waals surface area (Å²) >= 11 is 0. The van der Waals surface area contributed by atoms with Crippen molar-refractivity contribution in [3.63, 3.8) is 0 Å². The molecule has 0 spiro atoms. The van der Waals surface area contributed by atoms with Crippen molar-refractivity contribution in [3.05, 3.63) is 77.9 Å². The van der Waals surface area contributed by atoms with Gasteiger partial charge in [-0.15, -0.1) is 0 Å². The number of benzene rings is 2. The molecule has 0 aliphatic rings. The van der Waals surface area contributed by atoms with Crippen molar-refractivity contribution in [2.45, 2.75) is 12.6 Å². The van der Waals surface area contributed by atoms with Gasteiger partial charge in [0.2, 0.25) is 0 Å². The number of rotatable bonds is 6. The Bertz CT molecular complexity index is 895. The third kappa shape index (κ3) is 5.16. The van der Waals surface area contributed by atoms with Crippen LogP contribution in [0.4, 0.5) is 34.9 Å². The smallest absolute Gasteiger partial charge is 0.370 e. The van der Waals surface area contributed by atoms with Crippen LogP contribution in [0.5, 0.6) is 0 Å². The highest BCUT2D eigenvalue weighted by Crippen LogP contribution is 2.30. The van der Waals surface area contributed by atoms with Crippen molar-refractivity contribution in [1.29, 1.82) is 0 Å². The molecule has 0 saturated carbocycles. The Hall–Kier alpha value is -3.16. The summed E-state index contributed by atoms with van der Waals surface area (Å²) in [5.74, 6) is 0.695. The number of halogens is 4. The molecule has 140 valence electrons. The highest BCUT2D eigenvalue weighted by atomic mass is 19.4. The van der Waals surface area contributed by atoms with Gasteiger partial charge in [0.15, 0.2) is 0 Å². The number of aromatic nitrogens is 2. The van der Waals surface area contributed by atoms with Crippen molar-refractivity contribution < 1.29 is 17.6 Å². The van der Waals surface area contributed by atoms with Crippen LogP contribution in [0.25, 0.3) is 0 Å². The molecule has 4 nitrogen and oxygen atoms in total. The quantitative estimate of drug-likeness (QED) is 0.592. The molecule has 0 saturated heterocycles. The van der Waals surface area contributed by atoms with Crippen LogP contribution in [0.2, 0.25) is 0 Å². The standard InChI is InChI=1S/C19H16F4N4/c20-16-4-2-1-3-13(16)9-10-24-17-11-18(26-12-25-17)27-15-7-5-14(6-8-15)19(21,22)23/h1-8,11-12H,9-10H2,(H2,24,25,26,27). The molecular weight excluding hydrogens is 360 g/mol. The first-order valence-corrected chi connectivity index (χ1v) is 8.15. The lowest BCUT2D eigenvalue weighted by atomic mass is 10.1. The van der Waals surface area contributed by atoms with E-state index in [9.17, 15) is 17.6 Å². The van der Waals surface area contributed by atoms with Gasteiger partial charge in [0.25, 0.3) is 0 Å². The molecule has 3 rings (SSSR count). The molecule has 27 heavy (non-hydrogen) atoms. The second kappa shape index (κ2) is 8.03. The Kier molecular flexibility index (Phi) is 5.54. The minimum Gasteiger partial charge on any atom is -0.370 e. The monoisotopic (exact) mass is 376 g/mol. The molecule has 2 aromatic carbocycles. The van der Waals surface area contributed by atoms with Crippen LogP contribution in [-0.2, 0) is 12.6 Å². The minimum absolute atomic E-state index is 0.258. The molecule has 8 heteroatoms. The minimum atomic E-state index is -4.37. The van der Waals surface area contributed by atoms with Gasteiger partial charge < -0.3 is 10.6 Å². The van der Waals surface area contributed by atoms with E-state index >= 15 is 0 Å². The van der Waals surface area contributed by atoms with Gasteiger partial charge in [0.05, 0.1) is 5.56 Å². The normalized spacial score (nSPS) is 11.3. The summed E-state index contributed by atoms with van der Waals surface area (Å²) in [5.41, 5.74) is 0.354. The Labute approximate surface area is 153 Å². The lowest BCUT2D eigenvalue weighted by molar-refractivity contribution is -0.137. The fourth-order valence-corrected chi connectivity index (χ4v) is 2.44. The molecular formula is C19H16F4N4. The molecule has 0 aliphatic carbocycles. The van der Waals surface area contributed by atoms with Crippen LogP contribution >= 0.6 is 0 Å². The lowest BCUT2D eigenvalue weighted by Crippen LogP contribution is -2.08. The van der Waals surface area contributed by atoms with Crippen LogP contribution in [0.3, 0.4) is 0 Å². The summed E-state index contributed by atoms with van der Waals surface area (Å²) in [6, 6.07) is 12.8. The average molecular weight is 376 g/mol. The number of alkyl halides is 3. The van der Waals surface area contributed by atoms with Crippen LogP contribution in [0, 0.1) is 5.82 Å². The van der Waals surface area contributed by atoms with Crippen molar-refractivity contribution in [2.75, 3.05) is 17.2 Å². The molecule has 0 fully saturated rings. The fraction of sp³-hybridized carbons (Fsp3) is 0.158. The van der Waals surface area contributed by atoms with Gasteiger partial charge in [0.1, 0.15) is 23.8 Å². The molecule has 0 amide bonds. The number of anilines is 3. The molecule has 3 aromatic rings. The van der Waals surface area contributed by atoms with E-state index in [1.807, 2.05) is 0 Å². The van der Waals surface area contributed by atoms with Crippen LogP contribution in [0.1, 0.15) is 11.1 Å². The maximum Gasteiger partial charge on any atom is 0.416 e. The van der Waals surface area contributed by atoms with E-state index in [1.165, 1.54) is 24.5 Å². The first-order chi connectivity index (χ1) is 12.9. The van der Waals surface area contributed by atoms with Gasteiger partial charge in [0, 0.05) is 18.3 Å². The van der Waals surface area contributed by atoms with Gasteiger partial charge in [-0.05, 0) is 42.3 Å². The molecule has 2 N–H and O–H groups in total.